The van der Waals surface area contributed by atoms with Gasteiger partial charge in [0.25, 0.3) is 0 Å². The van der Waals surface area contributed by atoms with Gasteiger partial charge in [0.1, 0.15) is 12.4 Å². The standard InChI is InChI=1S/C21H26O/c1-4-5-18-8-10-20(11-9-18)16-22-21-14-12-19(13-15-21)7-6-17(2)3/h8-15H,2,4-7,16H2,1,3H3. The molecule has 116 valence electrons. The van der Waals surface area contributed by atoms with Crippen LogP contribution in [0.3, 0.4) is 0 Å². The molecule has 0 aliphatic rings. The van der Waals surface area contributed by atoms with E-state index in [0.29, 0.717) is 6.61 Å². The van der Waals surface area contributed by atoms with Crippen molar-refractivity contribution in [3.05, 3.63) is 77.4 Å². The van der Waals surface area contributed by atoms with Crippen molar-refractivity contribution in [1.82, 2.24) is 0 Å². The zero-order valence-corrected chi connectivity index (χ0v) is 13.8. The lowest BCUT2D eigenvalue weighted by Crippen LogP contribution is -1.96. The van der Waals surface area contributed by atoms with Gasteiger partial charge in [0.2, 0.25) is 0 Å². The third kappa shape index (κ3) is 5.40. The van der Waals surface area contributed by atoms with E-state index in [4.69, 9.17) is 4.74 Å². The first-order valence-corrected chi connectivity index (χ1v) is 8.11. The minimum atomic E-state index is 0.623. The molecule has 0 saturated carbocycles. The molecule has 0 spiro atoms. The first-order valence-electron chi connectivity index (χ1n) is 8.11. The Morgan fingerprint density at radius 1 is 0.864 bits per heavy atom. The zero-order valence-electron chi connectivity index (χ0n) is 13.8. The van der Waals surface area contributed by atoms with Crippen LogP contribution >= 0.6 is 0 Å². The van der Waals surface area contributed by atoms with Gasteiger partial charge < -0.3 is 4.74 Å². The molecular formula is C21H26O. The minimum Gasteiger partial charge on any atom is -0.489 e. The number of hydrogen-bond donors (Lipinski definition) is 0. The minimum absolute atomic E-state index is 0.623. The molecule has 0 atom stereocenters. The van der Waals surface area contributed by atoms with Gasteiger partial charge in [-0.05, 0) is 55.0 Å². The highest BCUT2D eigenvalue weighted by Gasteiger charge is 1.99. The number of hydrogen-bond acceptors (Lipinski definition) is 1. The highest BCUT2D eigenvalue weighted by Crippen LogP contribution is 2.16. The fourth-order valence-corrected chi connectivity index (χ4v) is 2.37. The molecule has 0 aliphatic heterocycles. The second-order valence-electron chi connectivity index (χ2n) is 5.96. The van der Waals surface area contributed by atoms with E-state index in [0.717, 1.165) is 25.0 Å². The number of ether oxygens (including phenoxy) is 1. The van der Waals surface area contributed by atoms with Crippen molar-refractivity contribution < 1.29 is 4.74 Å². The topological polar surface area (TPSA) is 9.23 Å². The highest BCUT2D eigenvalue weighted by molar-refractivity contribution is 5.28. The van der Waals surface area contributed by atoms with Crippen LogP contribution < -0.4 is 4.74 Å². The van der Waals surface area contributed by atoms with Crippen LogP contribution in [-0.2, 0) is 19.4 Å². The van der Waals surface area contributed by atoms with Crippen molar-refractivity contribution in [1.29, 1.82) is 0 Å². The molecule has 0 N–H and O–H groups in total. The average molecular weight is 294 g/mol. The van der Waals surface area contributed by atoms with Gasteiger partial charge in [0.05, 0.1) is 0 Å². The van der Waals surface area contributed by atoms with Crippen molar-refractivity contribution in [3.8, 4) is 5.75 Å². The maximum atomic E-state index is 5.85. The Balaban J connectivity index is 1.84. The Morgan fingerprint density at radius 3 is 2.00 bits per heavy atom. The van der Waals surface area contributed by atoms with Gasteiger partial charge in [0.15, 0.2) is 0 Å². The second kappa shape index (κ2) is 8.43. The van der Waals surface area contributed by atoms with Gasteiger partial charge in [-0.2, -0.15) is 0 Å². The van der Waals surface area contributed by atoms with Gasteiger partial charge in [-0.25, -0.2) is 0 Å². The fourth-order valence-electron chi connectivity index (χ4n) is 2.37. The molecule has 0 radical (unpaired) electrons. The Kier molecular flexibility index (Phi) is 6.27. The van der Waals surface area contributed by atoms with Crippen molar-refractivity contribution in [2.45, 2.75) is 46.1 Å². The molecule has 2 rings (SSSR count). The molecule has 1 heteroatoms. The van der Waals surface area contributed by atoms with Crippen LogP contribution in [0.1, 0.15) is 43.4 Å². The van der Waals surface area contributed by atoms with Gasteiger partial charge in [-0.3, -0.25) is 0 Å². The predicted octanol–water partition coefficient (Wildman–Crippen LogP) is 5.73. The third-order valence-corrected chi connectivity index (χ3v) is 3.73. The lowest BCUT2D eigenvalue weighted by molar-refractivity contribution is 0.306. The van der Waals surface area contributed by atoms with Crippen LogP contribution in [0.2, 0.25) is 0 Å². The van der Waals surface area contributed by atoms with Crippen molar-refractivity contribution in [2.75, 3.05) is 0 Å². The summed E-state index contributed by atoms with van der Waals surface area (Å²) in [6.45, 7) is 8.84. The molecule has 0 fully saturated rings. The monoisotopic (exact) mass is 294 g/mol. The molecular weight excluding hydrogens is 268 g/mol. The Hall–Kier alpha value is -2.02. The van der Waals surface area contributed by atoms with E-state index >= 15 is 0 Å². The molecule has 0 heterocycles. The summed E-state index contributed by atoms with van der Waals surface area (Å²) in [5.74, 6) is 0.928. The Morgan fingerprint density at radius 2 is 1.41 bits per heavy atom. The Bertz CT molecular complexity index is 578. The summed E-state index contributed by atoms with van der Waals surface area (Å²) in [7, 11) is 0. The lowest BCUT2D eigenvalue weighted by Gasteiger charge is -2.08. The summed E-state index contributed by atoms with van der Waals surface area (Å²) >= 11 is 0. The van der Waals surface area contributed by atoms with E-state index in [1.54, 1.807) is 0 Å². The first-order chi connectivity index (χ1) is 10.7. The van der Waals surface area contributed by atoms with E-state index in [-0.39, 0.29) is 0 Å². The average Bonchev–Trinajstić information content (AvgIpc) is 2.53. The number of benzene rings is 2. The third-order valence-electron chi connectivity index (χ3n) is 3.73. The summed E-state index contributed by atoms with van der Waals surface area (Å²) in [4.78, 5) is 0. The smallest absolute Gasteiger partial charge is 0.119 e. The van der Waals surface area contributed by atoms with Crippen LogP contribution in [-0.4, -0.2) is 0 Å². The van der Waals surface area contributed by atoms with E-state index in [2.05, 4.69) is 69.0 Å². The van der Waals surface area contributed by atoms with E-state index in [1.807, 2.05) is 0 Å². The maximum Gasteiger partial charge on any atom is 0.119 e. The van der Waals surface area contributed by atoms with Gasteiger partial charge in [-0.1, -0.05) is 55.3 Å². The summed E-state index contributed by atoms with van der Waals surface area (Å²) in [6.07, 6.45) is 4.43. The zero-order chi connectivity index (χ0) is 15.8. The summed E-state index contributed by atoms with van der Waals surface area (Å²) in [6, 6.07) is 17.1. The van der Waals surface area contributed by atoms with Crippen molar-refractivity contribution in [3.63, 3.8) is 0 Å². The SMILES string of the molecule is C=C(C)CCc1ccc(OCc2ccc(CCC)cc2)cc1. The molecule has 0 saturated heterocycles. The predicted molar refractivity (Wildman–Crippen MR) is 94.3 cm³/mol. The van der Waals surface area contributed by atoms with E-state index in [9.17, 15) is 0 Å². The molecule has 0 aliphatic carbocycles. The van der Waals surface area contributed by atoms with E-state index < -0.39 is 0 Å². The van der Waals surface area contributed by atoms with Gasteiger partial charge in [-0.15, -0.1) is 6.58 Å². The summed E-state index contributed by atoms with van der Waals surface area (Å²) in [5.41, 5.74) is 5.17. The molecule has 22 heavy (non-hydrogen) atoms. The maximum absolute atomic E-state index is 5.85. The summed E-state index contributed by atoms with van der Waals surface area (Å²) < 4.78 is 5.85. The lowest BCUT2D eigenvalue weighted by atomic mass is 10.1. The van der Waals surface area contributed by atoms with Gasteiger partial charge >= 0.3 is 0 Å². The normalized spacial score (nSPS) is 10.5. The van der Waals surface area contributed by atoms with Crippen LogP contribution in [0.5, 0.6) is 5.75 Å². The molecule has 0 bridgehead atoms. The number of rotatable bonds is 8. The Labute approximate surface area is 134 Å². The van der Waals surface area contributed by atoms with Crippen LogP contribution in [0.25, 0.3) is 0 Å². The van der Waals surface area contributed by atoms with Crippen LogP contribution in [0.15, 0.2) is 60.7 Å². The summed E-state index contributed by atoms with van der Waals surface area (Å²) in [5, 5.41) is 0. The number of allylic oxidation sites excluding steroid dienone is 1. The van der Waals surface area contributed by atoms with E-state index in [1.165, 1.54) is 28.7 Å². The van der Waals surface area contributed by atoms with Crippen molar-refractivity contribution >= 4 is 0 Å². The molecule has 2 aromatic rings. The second-order valence-corrected chi connectivity index (χ2v) is 5.96. The highest BCUT2D eigenvalue weighted by atomic mass is 16.5. The van der Waals surface area contributed by atoms with Crippen LogP contribution in [0, 0.1) is 0 Å². The van der Waals surface area contributed by atoms with Crippen LogP contribution in [0.4, 0.5) is 0 Å². The largest absolute Gasteiger partial charge is 0.489 e. The molecule has 0 aromatic heterocycles. The van der Waals surface area contributed by atoms with Gasteiger partial charge in [0, 0.05) is 0 Å². The quantitative estimate of drug-likeness (QED) is 0.565. The molecule has 2 aromatic carbocycles. The number of aryl methyl sites for hydroxylation is 2. The fraction of sp³-hybridized carbons (Fsp3) is 0.333. The van der Waals surface area contributed by atoms with Crippen molar-refractivity contribution in [2.24, 2.45) is 0 Å². The molecule has 1 nitrogen and oxygen atoms in total. The molecule has 0 amide bonds. The first kappa shape index (κ1) is 16.4. The molecule has 0 unspecified atom stereocenters.